The third-order valence-corrected chi connectivity index (χ3v) is 6.58. The standard InChI is InChI=1S/C21H26N2O3/c1-3-12-6-5-7-13(4-2)19(12)22-16(24)11-23-20(25)17-14-8-9-15(10-14)18(17)21(23)26/h5-7,14-15,17-18H,3-4,8-11H2,1-2H3,(H,22,24)/t14-,15-,17-,18+/m1/s1. The van der Waals surface area contributed by atoms with Gasteiger partial charge in [-0.3, -0.25) is 19.3 Å². The zero-order valence-electron chi connectivity index (χ0n) is 15.5. The van der Waals surface area contributed by atoms with Crippen LogP contribution in [-0.2, 0) is 27.2 Å². The topological polar surface area (TPSA) is 66.5 Å². The van der Waals surface area contributed by atoms with E-state index in [-0.39, 0.29) is 36.1 Å². The minimum Gasteiger partial charge on any atom is -0.324 e. The number of amides is 3. The molecule has 4 atom stereocenters. The number of para-hydroxylation sites is 1. The Labute approximate surface area is 154 Å². The van der Waals surface area contributed by atoms with E-state index >= 15 is 0 Å². The highest BCUT2D eigenvalue weighted by Gasteiger charge is 2.60. The second-order valence-electron chi connectivity index (χ2n) is 7.85. The number of nitrogens with zero attached hydrogens (tertiary/aromatic N) is 1. The average molecular weight is 354 g/mol. The lowest BCUT2D eigenvalue weighted by Crippen LogP contribution is -2.39. The van der Waals surface area contributed by atoms with Crippen LogP contribution in [0.25, 0.3) is 0 Å². The molecule has 4 rings (SSSR count). The second kappa shape index (κ2) is 6.53. The van der Waals surface area contributed by atoms with Crippen molar-refractivity contribution in [3.05, 3.63) is 29.3 Å². The van der Waals surface area contributed by atoms with E-state index in [9.17, 15) is 14.4 Å². The van der Waals surface area contributed by atoms with Gasteiger partial charge in [0.2, 0.25) is 17.7 Å². The molecule has 2 saturated carbocycles. The maximum absolute atomic E-state index is 12.7. The number of imide groups is 1. The maximum atomic E-state index is 12.7. The number of aryl methyl sites for hydroxylation is 2. The van der Waals surface area contributed by atoms with E-state index in [1.165, 1.54) is 4.90 Å². The summed E-state index contributed by atoms with van der Waals surface area (Å²) in [5, 5.41) is 2.97. The van der Waals surface area contributed by atoms with Gasteiger partial charge in [-0.2, -0.15) is 0 Å². The van der Waals surface area contributed by atoms with Gasteiger partial charge in [0.15, 0.2) is 0 Å². The van der Waals surface area contributed by atoms with Crippen LogP contribution in [0.15, 0.2) is 18.2 Å². The Hall–Kier alpha value is -2.17. The van der Waals surface area contributed by atoms with Crippen molar-refractivity contribution in [1.82, 2.24) is 4.90 Å². The molecule has 3 fully saturated rings. The minimum atomic E-state index is -0.283. The van der Waals surface area contributed by atoms with Crippen LogP contribution in [0.1, 0.15) is 44.2 Å². The Morgan fingerprint density at radius 3 is 2.08 bits per heavy atom. The largest absolute Gasteiger partial charge is 0.324 e. The van der Waals surface area contributed by atoms with E-state index < -0.39 is 0 Å². The summed E-state index contributed by atoms with van der Waals surface area (Å²) in [6.45, 7) is 3.94. The number of benzene rings is 1. The Kier molecular flexibility index (Phi) is 4.33. The van der Waals surface area contributed by atoms with Crippen LogP contribution in [0.5, 0.6) is 0 Å². The SMILES string of the molecule is CCc1cccc(CC)c1NC(=O)CN1C(=O)[C@@H]2[C@@H]3CC[C@H](C3)[C@@H]2C1=O. The van der Waals surface area contributed by atoms with Gasteiger partial charge in [-0.15, -0.1) is 0 Å². The van der Waals surface area contributed by atoms with Crippen molar-refractivity contribution in [1.29, 1.82) is 0 Å². The van der Waals surface area contributed by atoms with E-state index in [1.807, 2.05) is 18.2 Å². The van der Waals surface area contributed by atoms with Crippen LogP contribution < -0.4 is 5.32 Å². The molecule has 0 unspecified atom stereocenters. The van der Waals surface area contributed by atoms with Crippen LogP contribution in [0.4, 0.5) is 5.69 Å². The minimum absolute atomic E-state index is 0.123. The lowest BCUT2D eigenvalue weighted by atomic mass is 9.81. The molecule has 3 aliphatic rings. The zero-order chi connectivity index (χ0) is 18.4. The normalized spacial score (nSPS) is 29.4. The Morgan fingerprint density at radius 1 is 1.04 bits per heavy atom. The van der Waals surface area contributed by atoms with Gasteiger partial charge < -0.3 is 5.32 Å². The fourth-order valence-electron chi connectivity index (χ4n) is 5.35. The summed E-state index contributed by atoms with van der Waals surface area (Å²) in [5.74, 6) is -0.159. The molecule has 5 nitrogen and oxygen atoms in total. The van der Waals surface area contributed by atoms with Gasteiger partial charge in [0.1, 0.15) is 6.54 Å². The first-order valence-corrected chi connectivity index (χ1v) is 9.81. The first-order valence-electron chi connectivity index (χ1n) is 9.81. The summed E-state index contributed by atoms with van der Waals surface area (Å²) < 4.78 is 0. The van der Waals surface area contributed by atoms with E-state index in [1.54, 1.807) is 0 Å². The van der Waals surface area contributed by atoms with Crippen LogP contribution in [0.3, 0.4) is 0 Å². The van der Waals surface area contributed by atoms with Crippen molar-refractivity contribution < 1.29 is 14.4 Å². The van der Waals surface area contributed by atoms with Crippen molar-refractivity contribution in [2.45, 2.75) is 46.0 Å². The molecule has 0 radical (unpaired) electrons. The molecule has 2 bridgehead atoms. The highest BCUT2D eigenvalue weighted by atomic mass is 16.2. The molecule has 26 heavy (non-hydrogen) atoms. The lowest BCUT2D eigenvalue weighted by Gasteiger charge is -2.19. The fourth-order valence-corrected chi connectivity index (χ4v) is 5.35. The summed E-state index contributed by atoms with van der Waals surface area (Å²) >= 11 is 0. The highest BCUT2D eigenvalue weighted by molar-refractivity contribution is 6.09. The van der Waals surface area contributed by atoms with E-state index in [0.717, 1.165) is 48.9 Å². The van der Waals surface area contributed by atoms with Crippen molar-refractivity contribution in [2.75, 3.05) is 11.9 Å². The lowest BCUT2D eigenvalue weighted by molar-refractivity contribution is -0.143. The predicted octanol–water partition coefficient (Wildman–Crippen LogP) is 2.78. The van der Waals surface area contributed by atoms with Gasteiger partial charge in [0.05, 0.1) is 11.8 Å². The highest BCUT2D eigenvalue weighted by Crippen LogP contribution is 2.56. The van der Waals surface area contributed by atoms with E-state index in [2.05, 4.69) is 19.2 Å². The molecule has 1 N–H and O–H groups in total. The number of hydrogen-bond donors (Lipinski definition) is 1. The summed E-state index contributed by atoms with van der Waals surface area (Å²) in [6.07, 6.45) is 4.75. The number of carbonyl (C=O) groups excluding carboxylic acids is 3. The van der Waals surface area contributed by atoms with Crippen LogP contribution >= 0.6 is 0 Å². The fraction of sp³-hybridized carbons (Fsp3) is 0.571. The molecule has 1 saturated heterocycles. The molecule has 0 aromatic heterocycles. The third kappa shape index (κ3) is 2.56. The Balaban J connectivity index is 1.50. The number of hydrogen-bond acceptors (Lipinski definition) is 3. The van der Waals surface area contributed by atoms with Gasteiger partial charge in [0, 0.05) is 5.69 Å². The average Bonchev–Trinajstić information content (AvgIpc) is 3.32. The molecule has 0 spiro atoms. The molecular weight excluding hydrogens is 328 g/mol. The number of fused-ring (bicyclic) bond motifs is 5. The van der Waals surface area contributed by atoms with Crippen molar-refractivity contribution in [3.63, 3.8) is 0 Å². The molecule has 3 amide bonds. The van der Waals surface area contributed by atoms with Gasteiger partial charge in [0.25, 0.3) is 0 Å². The number of anilines is 1. The summed E-state index contributed by atoms with van der Waals surface area (Å²) in [7, 11) is 0. The zero-order valence-corrected chi connectivity index (χ0v) is 15.5. The van der Waals surface area contributed by atoms with Gasteiger partial charge in [-0.25, -0.2) is 0 Å². The molecular formula is C21H26N2O3. The number of likely N-dealkylation sites (tertiary alicyclic amines) is 1. The van der Waals surface area contributed by atoms with Crippen LogP contribution in [-0.4, -0.2) is 29.2 Å². The van der Waals surface area contributed by atoms with Crippen molar-refractivity contribution in [3.8, 4) is 0 Å². The second-order valence-corrected chi connectivity index (χ2v) is 7.85. The van der Waals surface area contributed by atoms with Gasteiger partial charge in [-0.1, -0.05) is 32.0 Å². The van der Waals surface area contributed by atoms with Gasteiger partial charge in [-0.05, 0) is 55.1 Å². The first-order chi connectivity index (χ1) is 12.5. The first kappa shape index (κ1) is 17.3. The Bertz CT molecular complexity index is 722. The molecule has 1 aromatic rings. The van der Waals surface area contributed by atoms with Gasteiger partial charge >= 0.3 is 0 Å². The van der Waals surface area contributed by atoms with E-state index in [4.69, 9.17) is 0 Å². The molecule has 5 heteroatoms. The summed E-state index contributed by atoms with van der Waals surface area (Å²) in [6, 6.07) is 6.00. The number of carbonyl (C=O) groups is 3. The molecule has 1 aliphatic heterocycles. The quantitative estimate of drug-likeness (QED) is 0.827. The molecule has 1 aromatic carbocycles. The smallest absolute Gasteiger partial charge is 0.244 e. The third-order valence-electron chi connectivity index (χ3n) is 6.58. The Morgan fingerprint density at radius 2 is 1.58 bits per heavy atom. The van der Waals surface area contributed by atoms with Crippen molar-refractivity contribution in [2.24, 2.45) is 23.7 Å². The van der Waals surface area contributed by atoms with Crippen molar-refractivity contribution >= 4 is 23.4 Å². The molecule has 1 heterocycles. The number of rotatable bonds is 5. The predicted molar refractivity (Wildman–Crippen MR) is 98.4 cm³/mol. The van der Waals surface area contributed by atoms with Crippen LogP contribution in [0, 0.1) is 23.7 Å². The number of nitrogens with one attached hydrogen (secondary N) is 1. The maximum Gasteiger partial charge on any atom is 0.244 e. The molecule has 138 valence electrons. The molecule has 2 aliphatic carbocycles. The summed E-state index contributed by atoms with van der Waals surface area (Å²) in [4.78, 5) is 39.3. The van der Waals surface area contributed by atoms with E-state index in [0.29, 0.717) is 11.8 Å². The summed E-state index contributed by atoms with van der Waals surface area (Å²) in [5.41, 5.74) is 2.99. The van der Waals surface area contributed by atoms with Crippen LogP contribution in [0.2, 0.25) is 0 Å². The monoisotopic (exact) mass is 354 g/mol.